The lowest BCUT2D eigenvalue weighted by Gasteiger charge is -2.04. The standard InChI is InChI=1S/C20H17N5O2/c21-12-14-6-10-16(11-7-14)22-18(26)13-24-20(27)25(17-4-2-1-3-5-17)19(23-24)15-8-9-15/h1-7,10-11,15H,8-9,13H2,(H,22,26). The number of hydrogen-bond acceptors (Lipinski definition) is 4. The molecule has 1 saturated carbocycles. The largest absolute Gasteiger partial charge is 0.351 e. The molecule has 3 aromatic rings. The van der Waals surface area contributed by atoms with Crippen LogP contribution in [0.15, 0.2) is 59.4 Å². The van der Waals surface area contributed by atoms with Crippen molar-refractivity contribution in [3.05, 3.63) is 76.5 Å². The van der Waals surface area contributed by atoms with Crippen LogP contribution in [0.25, 0.3) is 5.69 Å². The predicted molar refractivity (Wildman–Crippen MR) is 99.6 cm³/mol. The molecule has 1 N–H and O–H groups in total. The van der Waals surface area contributed by atoms with Crippen LogP contribution < -0.4 is 11.0 Å². The third-order valence-electron chi connectivity index (χ3n) is 4.41. The van der Waals surface area contributed by atoms with Crippen molar-refractivity contribution >= 4 is 11.6 Å². The molecule has 1 amide bonds. The average Bonchev–Trinajstić information content (AvgIpc) is 3.48. The van der Waals surface area contributed by atoms with Gasteiger partial charge in [-0.1, -0.05) is 18.2 Å². The predicted octanol–water partition coefficient (Wildman–Crippen LogP) is 2.42. The minimum absolute atomic E-state index is 0.168. The first kappa shape index (κ1) is 16.8. The lowest BCUT2D eigenvalue weighted by molar-refractivity contribution is -0.117. The third kappa shape index (κ3) is 3.51. The van der Waals surface area contributed by atoms with Crippen LogP contribution in [0, 0.1) is 11.3 Å². The molecule has 27 heavy (non-hydrogen) atoms. The topological polar surface area (TPSA) is 92.7 Å². The summed E-state index contributed by atoms with van der Waals surface area (Å²) in [5.41, 5.74) is 1.51. The number of nitriles is 1. The Labute approximate surface area is 155 Å². The number of carbonyl (C=O) groups excluding carboxylic acids is 1. The lowest BCUT2D eigenvalue weighted by Crippen LogP contribution is -2.29. The number of rotatable bonds is 5. The first-order chi connectivity index (χ1) is 13.2. The molecule has 4 rings (SSSR count). The fourth-order valence-electron chi connectivity index (χ4n) is 2.92. The molecular weight excluding hydrogens is 342 g/mol. The smallest absolute Gasteiger partial charge is 0.324 e. The second kappa shape index (κ2) is 6.92. The summed E-state index contributed by atoms with van der Waals surface area (Å²) in [5, 5.41) is 16.0. The van der Waals surface area contributed by atoms with Crippen LogP contribution >= 0.6 is 0 Å². The van der Waals surface area contributed by atoms with Crippen molar-refractivity contribution in [1.82, 2.24) is 14.3 Å². The highest BCUT2D eigenvalue weighted by Gasteiger charge is 2.31. The van der Waals surface area contributed by atoms with Gasteiger partial charge in [0.1, 0.15) is 12.4 Å². The maximum atomic E-state index is 12.8. The number of nitrogens with zero attached hydrogens (tertiary/aromatic N) is 4. The van der Waals surface area contributed by atoms with Crippen LogP contribution in [0.4, 0.5) is 5.69 Å². The highest BCUT2D eigenvalue weighted by molar-refractivity contribution is 5.90. The normalized spacial score (nSPS) is 13.1. The van der Waals surface area contributed by atoms with E-state index in [-0.39, 0.29) is 24.1 Å². The number of amides is 1. The first-order valence-electron chi connectivity index (χ1n) is 8.71. The molecule has 7 heteroatoms. The van der Waals surface area contributed by atoms with E-state index in [1.165, 1.54) is 4.68 Å². The van der Waals surface area contributed by atoms with Gasteiger partial charge in [0.2, 0.25) is 5.91 Å². The van der Waals surface area contributed by atoms with Crippen LogP contribution in [0.3, 0.4) is 0 Å². The van der Waals surface area contributed by atoms with Crippen molar-refractivity contribution in [2.45, 2.75) is 25.3 Å². The van der Waals surface area contributed by atoms with E-state index in [2.05, 4.69) is 10.4 Å². The zero-order valence-corrected chi connectivity index (χ0v) is 14.5. The summed E-state index contributed by atoms with van der Waals surface area (Å²) >= 11 is 0. The molecule has 1 aliphatic rings. The molecule has 7 nitrogen and oxygen atoms in total. The summed E-state index contributed by atoms with van der Waals surface area (Å²) in [4.78, 5) is 25.2. The summed E-state index contributed by atoms with van der Waals surface area (Å²) in [6.45, 7) is -0.168. The van der Waals surface area contributed by atoms with E-state index in [1.807, 2.05) is 36.4 Å². The summed E-state index contributed by atoms with van der Waals surface area (Å²) in [5.74, 6) is 0.625. The summed E-state index contributed by atoms with van der Waals surface area (Å²) in [6, 6.07) is 17.9. The minimum Gasteiger partial charge on any atom is -0.324 e. The number of nitrogens with one attached hydrogen (secondary N) is 1. The molecule has 0 spiro atoms. The molecule has 1 aliphatic carbocycles. The van der Waals surface area contributed by atoms with Gasteiger partial charge in [-0.05, 0) is 49.2 Å². The Bertz CT molecular complexity index is 1070. The van der Waals surface area contributed by atoms with Gasteiger partial charge in [0.15, 0.2) is 0 Å². The Balaban J connectivity index is 1.58. The Kier molecular flexibility index (Phi) is 4.30. The molecule has 2 aromatic carbocycles. The SMILES string of the molecule is N#Cc1ccc(NC(=O)Cn2nc(C3CC3)n(-c3ccccc3)c2=O)cc1. The molecule has 1 aromatic heterocycles. The molecule has 1 heterocycles. The quantitative estimate of drug-likeness (QED) is 0.757. The van der Waals surface area contributed by atoms with E-state index in [9.17, 15) is 9.59 Å². The summed E-state index contributed by atoms with van der Waals surface area (Å²) in [6.07, 6.45) is 2.00. The van der Waals surface area contributed by atoms with Gasteiger partial charge in [-0.15, -0.1) is 0 Å². The van der Waals surface area contributed by atoms with Gasteiger partial charge >= 0.3 is 5.69 Å². The first-order valence-corrected chi connectivity index (χ1v) is 8.71. The van der Waals surface area contributed by atoms with Crippen molar-refractivity contribution in [1.29, 1.82) is 5.26 Å². The van der Waals surface area contributed by atoms with Gasteiger partial charge in [-0.25, -0.2) is 14.0 Å². The maximum Gasteiger partial charge on any atom is 0.351 e. The van der Waals surface area contributed by atoms with E-state index in [4.69, 9.17) is 5.26 Å². The van der Waals surface area contributed by atoms with Crippen LogP contribution in [0.5, 0.6) is 0 Å². The number of carbonyl (C=O) groups is 1. The van der Waals surface area contributed by atoms with E-state index >= 15 is 0 Å². The molecule has 0 bridgehead atoms. The average molecular weight is 359 g/mol. The fraction of sp³-hybridized carbons (Fsp3) is 0.200. The van der Waals surface area contributed by atoms with Crippen LogP contribution in [0.1, 0.15) is 30.1 Å². The van der Waals surface area contributed by atoms with Crippen LogP contribution in [-0.4, -0.2) is 20.3 Å². The van der Waals surface area contributed by atoms with E-state index in [0.29, 0.717) is 17.1 Å². The molecule has 0 unspecified atom stereocenters. The van der Waals surface area contributed by atoms with Gasteiger partial charge in [0, 0.05) is 11.6 Å². The molecule has 134 valence electrons. The second-order valence-corrected chi connectivity index (χ2v) is 6.48. The van der Waals surface area contributed by atoms with E-state index in [1.54, 1.807) is 28.8 Å². The second-order valence-electron chi connectivity index (χ2n) is 6.48. The highest BCUT2D eigenvalue weighted by Crippen LogP contribution is 2.39. The number of aromatic nitrogens is 3. The highest BCUT2D eigenvalue weighted by atomic mass is 16.2. The van der Waals surface area contributed by atoms with E-state index < -0.39 is 0 Å². The minimum atomic E-state index is -0.345. The molecule has 0 atom stereocenters. The third-order valence-corrected chi connectivity index (χ3v) is 4.41. The summed E-state index contributed by atoms with van der Waals surface area (Å²) < 4.78 is 2.80. The van der Waals surface area contributed by atoms with Gasteiger partial charge in [-0.2, -0.15) is 10.4 Å². The monoisotopic (exact) mass is 359 g/mol. The van der Waals surface area contributed by atoms with Crippen LogP contribution in [0.2, 0.25) is 0 Å². The molecule has 0 saturated heterocycles. The number of hydrogen-bond donors (Lipinski definition) is 1. The Morgan fingerprint density at radius 3 is 2.48 bits per heavy atom. The maximum absolute atomic E-state index is 12.8. The van der Waals surface area contributed by atoms with Crippen molar-refractivity contribution in [3.63, 3.8) is 0 Å². The van der Waals surface area contributed by atoms with Crippen molar-refractivity contribution in [3.8, 4) is 11.8 Å². The summed E-state index contributed by atoms with van der Waals surface area (Å²) in [7, 11) is 0. The molecule has 0 aliphatic heterocycles. The molecular formula is C20H17N5O2. The molecule has 0 radical (unpaired) electrons. The van der Waals surface area contributed by atoms with Gasteiger partial charge < -0.3 is 5.32 Å². The van der Waals surface area contributed by atoms with Gasteiger partial charge in [0.25, 0.3) is 0 Å². The Hall–Kier alpha value is -3.66. The van der Waals surface area contributed by atoms with Gasteiger partial charge in [0.05, 0.1) is 17.3 Å². The lowest BCUT2D eigenvalue weighted by atomic mass is 10.2. The van der Waals surface area contributed by atoms with Crippen LogP contribution in [-0.2, 0) is 11.3 Å². The van der Waals surface area contributed by atoms with Crippen molar-refractivity contribution < 1.29 is 4.79 Å². The van der Waals surface area contributed by atoms with Crippen molar-refractivity contribution in [2.75, 3.05) is 5.32 Å². The zero-order valence-electron chi connectivity index (χ0n) is 14.5. The molecule has 1 fully saturated rings. The number of benzene rings is 2. The number of anilines is 1. The Morgan fingerprint density at radius 1 is 1.15 bits per heavy atom. The fourth-order valence-corrected chi connectivity index (χ4v) is 2.92. The Morgan fingerprint density at radius 2 is 1.85 bits per heavy atom. The number of para-hydroxylation sites is 1. The zero-order chi connectivity index (χ0) is 18.8. The van der Waals surface area contributed by atoms with Gasteiger partial charge in [-0.3, -0.25) is 4.79 Å². The van der Waals surface area contributed by atoms with E-state index in [0.717, 1.165) is 18.5 Å². The van der Waals surface area contributed by atoms with Crippen molar-refractivity contribution in [2.24, 2.45) is 0 Å².